The predicted molar refractivity (Wildman–Crippen MR) is 95.8 cm³/mol. The Labute approximate surface area is 146 Å². The number of nitrogens with one attached hydrogen (secondary N) is 1. The molecule has 1 atom stereocenters. The monoisotopic (exact) mass is 351 g/mol. The second-order valence-electron chi connectivity index (χ2n) is 5.60. The minimum absolute atomic E-state index is 0.230. The van der Waals surface area contributed by atoms with Gasteiger partial charge >= 0.3 is 0 Å². The van der Waals surface area contributed by atoms with Crippen LogP contribution < -0.4 is 10.1 Å². The van der Waals surface area contributed by atoms with E-state index in [-0.39, 0.29) is 5.91 Å². The zero-order chi connectivity index (χ0) is 17.1. The van der Waals surface area contributed by atoms with Crippen molar-refractivity contribution in [2.75, 3.05) is 5.32 Å². The van der Waals surface area contributed by atoms with E-state index in [1.54, 1.807) is 25.1 Å². The highest BCUT2D eigenvalue weighted by atomic mass is 35.5. The van der Waals surface area contributed by atoms with Crippen molar-refractivity contribution in [1.82, 2.24) is 0 Å². The first kappa shape index (κ1) is 17.6. The van der Waals surface area contributed by atoms with E-state index >= 15 is 0 Å². The van der Waals surface area contributed by atoms with Gasteiger partial charge in [0.2, 0.25) is 0 Å². The molecule has 0 aliphatic heterocycles. The molecule has 0 saturated heterocycles. The molecule has 0 fully saturated rings. The minimum Gasteiger partial charge on any atom is -0.479 e. The summed E-state index contributed by atoms with van der Waals surface area (Å²) in [5.74, 6) is 0.196. The van der Waals surface area contributed by atoms with Crippen molar-refractivity contribution in [3.63, 3.8) is 0 Å². The number of ether oxygens (including phenoxy) is 1. The van der Waals surface area contributed by atoms with Gasteiger partial charge in [-0.2, -0.15) is 0 Å². The maximum absolute atomic E-state index is 12.4. The fourth-order valence-corrected chi connectivity index (χ4v) is 2.87. The molecular formula is C18H19Cl2NO2. The van der Waals surface area contributed by atoms with Crippen molar-refractivity contribution in [3.05, 3.63) is 57.1 Å². The lowest BCUT2D eigenvalue weighted by atomic mass is 10.0. The van der Waals surface area contributed by atoms with E-state index in [1.165, 1.54) is 0 Å². The number of hydrogen-bond acceptors (Lipinski definition) is 2. The normalized spacial score (nSPS) is 11.9. The molecule has 0 bridgehead atoms. The molecule has 0 aromatic heterocycles. The lowest BCUT2D eigenvalue weighted by molar-refractivity contribution is -0.122. The summed E-state index contributed by atoms with van der Waals surface area (Å²) < 4.78 is 5.63. The van der Waals surface area contributed by atoms with Crippen molar-refractivity contribution < 1.29 is 9.53 Å². The highest BCUT2D eigenvalue weighted by Gasteiger charge is 2.18. The van der Waals surface area contributed by atoms with Crippen LogP contribution in [0.15, 0.2) is 30.3 Å². The third kappa shape index (κ3) is 4.40. The zero-order valence-corrected chi connectivity index (χ0v) is 15.0. The highest BCUT2D eigenvalue weighted by molar-refractivity contribution is 6.35. The summed E-state index contributed by atoms with van der Waals surface area (Å²) >= 11 is 11.9. The zero-order valence-electron chi connectivity index (χ0n) is 13.5. The number of carbonyl (C=O) groups excluding carboxylic acids is 1. The van der Waals surface area contributed by atoms with E-state index in [4.69, 9.17) is 27.9 Å². The molecule has 0 unspecified atom stereocenters. The Kier molecular flexibility index (Phi) is 5.55. The standard InChI is InChI=1S/C18H19Cl2NO2/c1-10-7-11(2)17(12(3)8-10)21-18(22)13(4)23-16-6-5-14(19)9-15(16)20/h5-9,13H,1-4H3,(H,21,22)/t13-/m1/s1. The molecular weight excluding hydrogens is 333 g/mol. The summed E-state index contributed by atoms with van der Waals surface area (Å²) in [7, 11) is 0. The molecule has 0 aliphatic rings. The molecule has 0 aliphatic carbocycles. The van der Waals surface area contributed by atoms with Gasteiger partial charge in [-0.1, -0.05) is 40.9 Å². The van der Waals surface area contributed by atoms with E-state index in [1.807, 2.05) is 32.9 Å². The Balaban J connectivity index is 2.11. The van der Waals surface area contributed by atoms with Gasteiger partial charge in [-0.25, -0.2) is 0 Å². The van der Waals surface area contributed by atoms with Gasteiger partial charge in [0.1, 0.15) is 5.75 Å². The van der Waals surface area contributed by atoms with Crippen LogP contribution in [0.2, 0.25) is 10.0 Å². The molecule has 1 N–H and O–H groups in total. The maximum atomic E-state index is 12.4. The molecule has 0 heterocycles. The fourth-order valence-electron chi connectivity index (χ4n) is 2.42. The van der Waals surface area contributed by atoms with Crippen LogP contribution in [0.1, 0.15) is 23.6 Å². The van der Waals surface area contributed by atoms with Crippen LogP contribution in [0.4, 0.5) is 5.69 Å². The summed E-state index contributed by atoms with van der Waals surface area (Å²) in [6.45, 7) is 7.65. The van der Waals surface area contributed by atoms with E-state index in [0.29, 0.717) is 15.8 Å². The maximum Gasteiger partial charge on any atom is 0.265 e. The molecule has 3 nitrogen and oxygen atoms in total. The number of carbonyl (C=O) groups is 1. The summed E-state index contributed by atoms with van der Waals surface area (Å²) in [6, 6.07) is 8.96. The van der Waals surface area contributed by atoms with Gasteiger partial charge in [0.15, 0.2) is 6.10 Å². The third-order valence-corrected chi connectivity index (χ3v) is 4.02. The van der Waals surface area contributed by atoms with Crippen molar-refractivity contribution in [2.45, 2.75) is 33.8 Å². The molecule has 0 spiro atoms. The predicted octanol–water partition coefficient (Wildman–Crippen LogP) is 5.32. The molecule has 1 amide bonds. The first-order valence-electron chi connectivity index (χ1n) is 7.28. The number of anilines is 1. The van der Waals surface area contributed by atoms with Gasteiger partial charge in [0.25, 0.3) is 5.91 Å². The smallest absolute Gasteiger partial charge is 0.265 e. The molecule has 2 aromatic rings. The Morgan fingerprint density at radius 3 is 2.26 bits per heavy atom. The van der Waals surface area contributed by atoms with Crippen molar-refractivity contribution >= 4 is 34.8 Å². The van der Waals surface area contributed by atoms with Gasteiger partial charge in [0.05, 0.1) is 5.02 Å². The average molecular weight is 352 g/mol. The minimum atomic E-state index is -0.686. The first-order valence-corrected chi connectivity index (χ1v) is 8.04. The van der Waals surface area contributed by atoms with E-state index < -0.39 is 6.10 Å². The Hall–Kier alpha value is -1.71. The SMILES string of the molecule is Cc1cc(C)c(NC(=O)[C@@H](C)Oc2ccc(Cl)cc2Cl)c(C)c1. The third-order valence-electron chi connectivity index (χ3n) is 3.49. The number of aryl methyl sites for hydroxylation is 3. The first-order chi connectivity index (χ1) is 10.8. The van der Waals surface area contributed by atoms with Gasteiger partial charge in [-0.15, -0.1) is 0 Å². The van der Waals surface area contributed by atoms with Crippen LogP contribution >= 0.6 is 23.2 Å². The van der Waals surface area contributed by atoms with Crippen LogP contribution in [0.25, 0.3) is 0 Å². The van der Waals surface area contributed by atoms with Crippen molar-refractivity contribution in [3.8, 4) is 5.75 Å². The summed E-state index contributed by atoms with van der Waals surface area (Å²) in [6.07, 6.45) is -0.686. The van der Waals surface area contributed by atoms with E-state index in [0.717, 1.165) is 22.4 Å². The van der Waals surface area contributed by atoms with Crippen LogP contribution in [0, 0.1) is 20.8 Å². The van der Waals surface area contributed by atoms with Gasteiger partial charge in [-0.05, 0) is 57.0 Å². The lowest BCUT2D eigenvalue weighted by Crippen LogP contribution is -2.30. The van der Waals surface area contributed by atoms with E-state index in [9.17, 15) is 4.79 Å². The lowest BCUT2D eigenvalue weighted by Gasteiger charge is -2.18. The second kappa shape index (κ2) is 7.24. The number of hydrogen-bond donors (Lipinski definition) is 1. The summed E-state index contributed by atoms with van der Waals surface area (Å²) in [5.41, 5.74) is 4.02. The topological polar surface area (TPSA) is 38.3 Å². The van der Waals surface area contributed by atoms with Gasteiger partial charge in [-0.3, -0.25) is 4.79 Å². The van der Waals surface area contributed by atoms with Gasteiger partial charge in [0, 0.05) is 10.7 Å². The summed E-state index contributed by atoms with van der Waals surface area (Å²) in [5, 5.41) is 3.82. The van der Waals surface area contributed by atoms with E-state index in [2.05, 4.69) is 5.32 Å². The molecule has 122 valence electrons. The fraction of sp³-hybridized carbons (Fsp3) is 0.278. The molecule has 2 aromatic carbocycles. The number of rotatable bonds is 4. The van der Waals surface area contributed by atoms with Crippen LogP contribution in [-0.4, -0.2) is 12.0 Å². The van der Waals surface area contributed by atoms with Crippen molar-refractivity contribution in [1.29, 1.82) is 0 Å². The molecule has 23 heavy (non-hydrogen) atoms. The average Bonchev–Trinajstić information content (AvgIpc) is 2.45. The number of benzene rings is 2. The van der Waals surface area contributed by atoms with Crippen LogP contribution in [0.5, 0.6) is 5.75 Å². The Morgan fingerprint density at radius 2 is 1.70 bits per heavy atom. The molecule has 0 saturated carbocycles. The van der Waals surface area contributed by atoms with Crippen LogP contribution in [0.3, 0.4) is 0 Å². The Morgan fingerprint density at radius 1 is 1.09 bits per heavy atom. The number of halogens is 2. The van der Waals surface area contributed by atoms with Gasteiger partial charge < -0.3 is 10.1 Å². The highest BCUT2D eigenvalue weighted by Crippen LogP contribution is 2.29. The molecule has 2 rings (SSSR count). The quantitative estimate of drug-likeness (QED) is 0.808. The largest absolute Gasteiger partial charge is 0.479 e. The summed E-state index contributed by atoms with van der Waals surface area (Å²) in [4.78, 5) is 12.4. The molecule has 0 radical (unpaired) electrons. The van der Waals surface area contributed by atoms with Crippen LogP contribution in [-0.2, 0) is 4.79 Å². The molecule has 5 heteroatoms. The number of amides is 1. The van der Waals surface area contributed by atoms with Crippen molar-refractivity contribution in [2.24, 2.45) is 0 Å². The Bertz CT molecular complexity index is 721. The second-order valence-corrected chi connectivity index (χ2v) is 6.44.